The molecule has 0 bridgehead atoms. The Morgan fingerprint density at radius 1 is 1.11 bits per heavy atom. The van der Waals surface area contributed by atoms with Crippen LogP contribution in [-0.4, -0.2) is 24.8 Å². The van der Waals surface area contributed by atoms with Gasteiger partial charge in [-0.05, 0) is 0 Å². The summed E-state index contributed by atoms with van der Waals surface area (Å²) in [4.78, 5) is 24.7. The molecule has 8 nitrogen and oxygen atoms in total. The Labute approximate surface area is 230 Å². The van der Waals surface area contributed by atoms with E-state index in [0.717, 1.165) is 20.3 Å². The second-order valence-electron chi connectivity index (χ2n) is 8.64. The van der Waals surface area contributed by atoms with Crippen molar-refractivity contribution in [3.63, 3.8) is 0 Å². The molecule has 1 aromatic carbocycles. The largest absolute Gasteiger partial charge is 1.00 e. The van der Waals surface area contributed by atoms with Gasteiger partial charge in [0.15, 0.2) is 0 Å². The van der Waals surface area contributed by atoms with Crippen LogP contribution in [0.5, 0.6) is 0 Å². The van der Waals surface area contributed by atoms with E-state index in [1.165, 1.54) is 0 Å². The van der Waals surface area contributed by atoms with Crippen LogP contribution in [-0.2, 0) is 9.47 Å². The van der Waals surface area contributed by atoms with E-state index in [1.807, 2.05) is 55.2 Å². The van der Waals surface area contributed by atoms with E-state index in [4.69, 9.17) is 15.2 Å². The second-order valence-corrected chi connectivity index (χ2v) is 11.0. The number of rotatable bonds is 6. The van der Waals surface area contributed by atoms with Gasteiger partial charge in [0.05, 0.1) is 0 Å². The maximum Gasteiger partial charge on any atom is 1.00 e. The van der Waals surface area contributed by atoms with Crippen LogP contribution in [0.15, 0.2) is 66.9 Å². The number of carbonyl (C=O) groups excluding carboxylic acids is 2. The van der Waals surface area contributed by atoms with E-state index in [0.29, 0.717) is 11.4 Å². The summed E-state index contributed by atoms with van der Waals surface area (Å²) in [5, 5.41) is 9.58. The summed E-state index contributed by atoms with van der Waals surface area (Å²) >= 11 is -0.644. The third-order valence-electron chi connectivity index (χ3n) is 4.66. The molecule has 186 valence electrons. The second kappa shape index (κ2) is 13.7. The SMILES string of the molecule is C[N-]/C(NC(=O)O[C@H](C)c1ccccc1C)=C(\N)C1=CC=C(NC(=O)OC(C)(C)C)C(C)=C[I-]1.[Li+]. The Morgan fingerprint density at radius 2 is 1.77 bits per heavy atom. The van der Waals surface area contributed by atoms with Gasteiger partial charge >= 0.3 is 231 Å². The fourth-order valence-electron chi connectivity index (χ4n) is 2.98. The molecule has 0 fully saturated rings. The van der Waals surface area contributed by atoms with Gasteiger partial charge in [0, 0.05) is 0 Å². The van der Waals surface area contributed by atoms with Gasteiger partial charge in [0.1, 0.15) is 0 Å². The predicted molar refractivity (Wildman–Crippen MR) is 129 cm³/mol. The minimum Gasteiger partial charge on any atom is 1.00 e. The number of nitrogens with zero attached hydrogens (tertiary/aromatic N) is 1. The molecular formula is C25H33ILiN4O4-. The molecule has 0 saturated heterocycles. The molecule has 0 unspecified atom stereocenters. The summed E-state index contributed by atoms with van der Waals surface area (Å²) in [6.45, 7) is 11.1. The number of alkyl carbamates (subject to hydrolysis) is 2. The predicted octanol–water partition coefficient (Wildman–Crippen LogP) is -0.784. The molecule has 0 saturated carbocycles. The average molecular weight is 587 g/mol. The number of ether oxygens (including phenoxy) is 2. The van der Waals surface area contributed by atoms with Gasteiger partial charge in [0.25, 0.3) is 0 Å². The Bertz CT molecular complexity index is 1060. The smallest absolute Gasteiger partial charge is 1.00 e. The zero-order valence-corrected chi connectivity index (χ0v) is 23.8. The standard InChI is InChI=1S/C25H33IN4O4.Li/c1-15-10-8-9-11-18(15)17(3)33-23(31)30-22(28-7)21(27)19-12-13-20(16(2)14-26-19)29-24(32)34-25(4,5)6;/h8-14,17H,27H2,1-7H3,(H,29,32)(H,30,31);/q-2;+1/b22-21+;/t17-;/m1./s1. The van der Waals surface area contributed by atoms with Crippen molar-refractivity contribution >= 4 is 12.2 Å². The van der Waals surface area contributed by atoms with Crippen molar-refractivity contribution in [3.05, 3.63) is 83.3 Å². The molecular weight excluding hydrogens is 554 g/mol. The molecule has 0 radical (unpaired) electrons. The van der Waals surface area contributed by atoms with Crippen molar-refractivity contribution in [1.82, 2.24) is 10.6 Å². The Morgan fingerprint density at radius 3 is 2.37 bits per heavy atom. The number of benzene rings is 1. The van der Waals surface area contributed by atoms with E-state index >= 15 is 0 Å². The number of nitrogens with one attached hydrogen (secondary N) is 2. The van der Waals surface area contributed by atoms with Crippen molar-refractivity contribution in [3.8, 4) is 0 Å². The van der Waals surface area contributed by atoms with Crippen molar-refractivity contribution in [2.75, 3.05) is 7.05 Å². The van der Waals surface area contributed by atoms with Gasteiger partial charge in [-0.25, -0.2) is 0 Å². The number of hydrogen-bond donors (Lipinski definition) is 3. The molecule has 1 aliphatic heterocycles. The first-order valence-electron chi connectivity index (χ1n) is 10.8. The molecule has 4 N–H and O–H groups in total. The average Bonchev–Trinajstić information content (AvgIpc) is 2.92. The van der Waals surface area contributed by atoms with Crippen LogP contribution >= 0.6 is 0 Å². The van der Waals surface area contributed by atoms with Gasteiger partial charge < -0.3 is 0 Å². The van der Waals surface area contributed by atoms with Crippen LogP contribution in [0.25, 0.3) is 5.32 Å². The maximum atomic E-state index is 12.5. The van der Waals surface area contributed by atoms with Crippen LogP contribution in [0.2, 0.25) is 0 Å². The molecule has 1 atom stereocenters. The first kappa shape index (κ1) is 30.7. The number of amides is 2. The molecule has 1 aliphatic rings. The van der Waals surface area contributed by atoms with E-state index in [1.54, 1.807) is 33.9 Å². The molecule has 1 aromatic rings. The first-order valence-corrected chi connectivity index (χ1v) is 13.1. The van der Waals surface area contributed by atoms with Gasteiger partial charge in [-0.1, -0.05) is 0 Å². The summed E-state index contributed by atoms with van der Waals surface area (Å²) in [7, 11) is 1.55. The first-order chi connectivity index (χ1) is 15.9. The van der Waals surface area contributed by atoms with Crippen molar-refractivity contribution < 1.29 is 59.1 Å². The maximum absolute atomic E-state index is 12.5. The van der Waals surface area contributed by atoms with E-state index in [9.17, 15) is 9.59 Å². The third kappa shape index (κ3) is 9.67. The molecule has 35 heavy (non-hydrogen) atoms. The van der Waals surface area contributed by atoms with Crippen LogP contribution in [0, 0.1) is 6.92 Å². The quantitative estimate of drug-likeness (QED) is 0.299. The molecule has 10 heteroatoms. The summed E-state index contributed by atoms with van der Waals surface area (Å²) < 4.78 is 13.7. The number of hydrogen-bond acceptors (Lipinski definition) is 5. The zero-order chi connectivity index (χ0) is 25.5. The van der Waals surface area contributed by atoms with E-state index in [-0.39, 0.29) is 24.7 Å². The van der Waals surface area contributed by atoms with Gasteiger partial charge in [-0.3, -0.25) is 0 Å². The van der Waals surface area contributed by atoms with Crippen LogP contribution in [0.3, 0.4) is 0 Å². The van der Waals surface area contributed by atoms with Crippen molar-refractivity contribution in [2.24, 2.45) is 5.73 Å². The normalized spacial score (nSPS) is 15.2. The van der Waals surface area contributed by atoms with Crippen molar-refractivity contribution in [1.29, 1.82) is 0 Å². The fraction of sp³-hybridized carbons (Fsp3) is 0.360. The van der Waals surface area contributed by atoms with Gasteiger partial charge in [-0.15, -0.1) is 0 Å². The monoisotopic (exact) mass is 587 g/mol. The van der Waals surface area contributed by atoms with Gasteiger partial charge in [0.2, 0.25) is 0 Å². The third-order valence-corrected chi connectivity index (χ3v) is 7.52. The fourth-order valence-corrected chi connectivity index (χ4v) is 5.09. The number of carbonyl (C=O) groups is 2. The number of nitrogens with two attached hydrogens (primary N) is 1. The van der Waals surface area contributed by atoms with Crippen molar-refractivity contribution in [2.45, 2.75) is 53.2 Å². The topological polar surface area (TPSA) is 117 Å². The molecule has 1 heterocycles. The zero-order valence-electron chi connectivity index (χ0n) is 21.7. The number of allylic oxidation sites excluding steroid dienone is 4. The minimum absolute atomic E-state index is 0. The van der Waals surface area contributed by atoms with Crippen LogP contribution < -0.4 is 56.4 Å². The summed E-state index contributed by atoms with van der Waals surface area (Å²) in [5.41, 5.74) is 9.63. The molecule has 0 spiro atoms. The molecule has 0 aliphatic carbocycles. The van der Waals surface area contributed by atoms with E-state index < -0.39 is 45.1 Å². The summed E-state index contributed by atoms with van der Waals surface area (Å²) in [6, 6.07) is 7.73. The van der Waals surface area contributed by atoms with Crippen LogP contribution in [0.1, 0.15) is 51.8 Å². The van der Waals surface area contributed by atoms with Gasteiger partial charge in [-0.2, -0.15) is 0 Å². The Balaban J connectivity index is 0.00000612. The number of aryl methyl sites for hydroxylation is 1. The minimum atomic E-state index is -0.644. The Kier molecular flexibility index (Phi) is 12.0. The number of halogens is 1. The summed E-state index contributed by atoms with van der Waals surface area (Å²) in [6.07, 6.45) is 2.01. The van der Waals surface area contributed by atoms with E-state index in [2.05, 4.69) is 16.0 Å². The Hall–Kier alpha value is -2.35. The molecule has 2 rings (SSSR count). The van der Waals surface area contributed by atoms with Crippen LogP contribution in [0.4, 0.5) is 9.59 Å². The molecule has 2 amide bonds. The summed E-state index contributed by atoms with van der Waals surface area (Å²) in [5.74, 6) is 0.232. The molecule has 0 aromatic heterocycles.